The lowest BCUT2D eigenvalue weighted by molar-refractivity contribution is 0.112. The second-order valence-corrected chi connectivity index (χ2v) is 5.36. The molecule has 2 heteroatoms. The Morgan fingerprint density at radius 2 is 2.00 bits per heavy atom. The molecule has 1 rings (SSSR count). The van der Waals surface area contributed by atoms with Crippen molar-refractivity contribution in [2.75, 3.05) is 18.5 Å². The molecule has 1 saturated carbocycles. The van der Waals surface area contributed by atoms with Crippen LogP contribution in [-0.4, -0.2) is 18.5 Å². The van der Waals surface area contributed by atoms with Crippen molar-refractivity contribution in [3.05, 3.63) is 0 Å². The zero-order chi connectivity index (χ0) is 10.9. The molecule has 0 amide bonds. The molecular weight excluding hydrogens is 252 g/mol. The zero-order valence-corrected chi connectivity index (χ0v) is 11.6. The van der Waals surface area contributed by atoms with Crippen molar-refractivity contribution in [1.29, 1.82) is 0 Å². The van der Waals surface area contributed by atoms with Gasteiger partial charge in [-0.1, -0.05) is 55.0 Å². The molecule has 0 aromatic rings. The summed E-state index contributed by atoms with van der Waals surface area (Å²) in [4.78, 5) is 0. The predicted molar refractivity (Wildman–Crippen MR) is 69.6 cm³/mol. The molecule has 1 fully saturated rings. The molecule has 0 spiro atoms. The van der Waals surface area contributed by atoms with Crippen LogP contribution in [0.25, 0.3) is 0 Å². The first-order valence-corrected chi connectivity index (χ1v) is 7.64. The Kier molecular flexibility index (Phi) is 7.72. The van der Waals surface area contributed by atoms with Crippen LogP contribution in [0.15, 0.2) is 0 Å². The third-order valence-corrected chi connectivity index (χ3v) is 4.37. The maximum atomic E-state index is 5.65. The maximum Gasteiger partial charge on any atom is 0.0469 e. The monoisotopic (exact) mass is 276 g/mol. The molecule has 0 N–H and O–H groups in total. The summed E-state index contributed by atoms with van der Waals surface area (Å²) in [5, 5.41) is 1.16. The second kappa shape index (κ2) is 8.58. The highest BCUT2D eigenvalue weighted by atomic mass is 79.9. The minimum Gasteiger partial charge on any atom is -0.381 e. The first kappa shape index (κ1) is 13.5. The molecule has 1 aliphatic carbocycles. The lowest BCUT2D eigenvalue weighted by atomic mass is 9.90. The van der Waals surface area contributed by atoms with Gasteiger partial charge in [-0.25, -0.2) is 0 Å². The summed E-state index contributed by atoms with van der Waals surface area (Å²) in [6.45, 7) is 4.13. The molecule has 0 aromatic heterocycles. The number of alkyl halides is 1. The van der Waals surface area contributed by atoms with E-state index in [-0.39, 0.29) is 0 Å². The van der Waals surface area contributed by atoms with E-state index >= 15 is 0 Å². The van der Waals surface area contributed by atoms with Gasteiger partial charge in [-0.05, 0) is 24.7 Å². The van der Waals surface area contributed by atoms with Crippen molar-refractivity contribution < 1.29 is 4.74 Å². The van der Waals surface area contributed by atoms with Crippen LogP contribution in [0.5, 0.6) is 0 Å². The minimum atomic E-state index is 0.856. The number of hydrogen-bond donors (Lipinski definition) is 0. The van der Waals surface area contributed by atoms with Crippen molar-refractivity contribution in [2.24, 2.45) is 11.8 Å². The minimum absolute atomic E-state index is 0.856. The standard InChI is InChI=1S/C13H25BrO/c1-2-3-9-15-10-8-13(11-14)12-6-4-5-7-12/h12-13H,2-11H2,1H3. The fraction of sp³-hybridized carbons (Fsp3) is 1.00. The number of halogens is 1. The third kappa shape index (κ3) is 5.35. The molecule has 0 radical (unpaired) electrons. The van der Waals surface area contributed by atoms with Crippen LogP contribution in [0, 0.1) is 11.8 Å². The summed E-state index contributed by atoms with van der Waals surface area (Å²) in [6, 6.07) is 0. The fourth-order valence-corrected chi connectivity index (χ4v) is 3.30. The summed E-state index contributed by atoms with van der Waals surface area (Å²) < 4.78 is 5.65. The highest BCUT2D eigenvalue weighted by Gasteiger charge is 2.23. The van der Waals surface area contributed by atoms with E-state index in [0.29, 0.717) is 0 Å². The molecule has 0 aromatic carbocycles. The van der Waals surface area contributed by atoms with E-state index in [2.05, 4.69) is 22.9 Å². The SMILES string of the molecule is CCCCOCCC(CBr)C1CCCC1. The summed E-state index contributed by atoms with van der Waals surface area (Å²) in [7, 11) is 0. The molecule has 0 aliphatic heterocycles. The van der Waals surface area contributed by atoms with Crippen molar-refractivity contribution in [3.63, 3.8) is 0 Å². The van der Waals surface area contributed by atoms with Gasteiger partial charge in [0.05, 0.1) is 0 Å². The lowest BCUT2D eigenvalue weighted by Gasteiger charge is -2.20. The van der Waals surface area contributed by atoms with Gasteiger partial charge in [-0.15, -0.1) is 0 Å². The van der Waals surface area contributed by atoms with E-state index < -0.39 is 0 Å². The zero-order valence-electron chi connectivity index (χ0n) is 10.0. The van der Waals surface area contributed by atoms with Crippen LogP contribution < -0.4 is 0 Å². The van der Waals surface area contributed by atoms with Crippen molar-refractivity contribution in [3.8, 4) is 0 Å². The van der Waals surface area contributed by atoms with Crippen LogP contribution in [0.2, 0.25) is 0 Å². The first-order valence-electron chi connectivity index (χ1n) is 6.52. The van der Waals surface area contributed by atoms with Gasteiger partial charge in [-0.2, -0.15) is 0 Å². The average Bonchev–Trinajstić information content (AvgIpc) is 2.77. The predicted octanol–water partition coefficient (Wildman–Crippen LogP) is 4.39. The summed E-state index contributed by atoms with van der Waals surface area (Å²) in [5.74, 6) is 1.83. The van der Waals surface area contributed by atoms with E-state index in [1.165, 1.54) is 44.9 Å². The van der Waals surface area contributed by atoms with Gasteiger partial charge in [0, 0.05) is 18.5 Å². The molecule has 1 aliphatic rings. The van der Waals surface area contributed by atoms with Crippen LogP contribution in [0.3, 0.4) is 0 Å². The third-order valence-electron chi connectivity index (χ3n) is 3.54. The highest BCUT2D eigenvalue weighted by molar-refractivity contribution is 9.09. The Labute approximate surface area is 103 Å². The van der Waals surface area contributed by atoms with Gasteiger partial charge in [0.25, 0.3) is 0 Å². The molecule has 1 atom stereocenters. The van der Waals surface area contributed by atoms with Gasteiger partial charge in [0.2, 0.25) is 0 Å². The molecule has 0 saturated heterocycles. The smallest absolute Gasteiger partial charge is 0.0469 e. The fourth-order valence-electron chi connectivity index (χ4n) is 2.45. The number of rotatable bonds is 8. The normalized spacial score (nSPS) is 19.6. The second-order valence-electron chi connectivity index (χ2n) is 4.71. The van der Waals surface area contributed by atoms with Crippen molar-refractivity contribution in [2.45, 2.75) is 51.9 Å². The lowest BCUT2D eigenvalue weighted by Crippen LogP contribution is -2.16. The van der Waals surface area contributed by atoms with Crippen LogP contribution in [0.1, 0.15) is 51.9 Å². The Morgan fingerprint density at radius 3 is 2.60 bits per heavy atom. The molecule has 1 nitrogen and oxygen atoms in total. The van der Waals surface area contributed by atoms with Crippen LogP contribution in [0.4, 0.5) is 0 Å². The van der Waals surface area contributed by atoms with E-state index in [4.69, 9.17) is 4.74 Å². The number of ether oxygens (including phenoxy) is 1. The largest absolute Gasteiger partial charge is 0.381 e. The Bertz CT molecular complexity index is 143. The maximum absolute atomic E-state index is 5.65. The number of hydrogen-bond acceptors (Lipinski definition) is 1. The van der Waals surface area contributed by atoms with Crippen LogP contribution in [-0.2, 0) is 4.74 Å². The first-order chi connectivity index (χ1) is 7.38. The van der Waals surface area contributed by atoms with E-state index in [0.717, 1.165) is 30.4 Å². The highest BCUT2D eigenvalue weighted by Crippen LogP contribution is 2.33. The van der Waals surface area contributed by atoms with E-state index in [1.807, 2.05) is 0 Å². The average molecular weight is 277 g/mol. The number of unbranched alkanes of at least 4 members (excludes halogenated alkanes) is 1. The Morgan fingerprint density at radius 1 is 1.27 bits per heavy atom. The van der Waals surface area contributed by atoms with Gasteiger partial charge < -0.3 is 4.74 Å². The van der Waals surface area contributed by atoms with Gasteiger partial charge in [0.15, 0.2) is 0 Å². The van der Waals surface area contributed by atoms with Gasteiger partial charge in [-0.3, -0.25) is 0 Å². The molecule has 0 bridgehead atoms. The summed E-state index contributed by atoms with van der Waals surface area (Å²) >= 11 is 3.65. The summed E-state index contributed by atoms with van der Waals surface area (Å²) in [5.41, 5.74) is 0. The summed E-state index contributed by atoms with van der Waals surface area (Å²) in [6.07, 6.45) is 9.50. The molecule has 90 valence electrons. The van der Waals surface area contributed by atoms with Gasteiger partial charge in [0.1, 0.15) is 0 Å². The Hall–Kier alpha value is 0.440. The molecular formula is C13H25BrO. The Balaban J connectivity index is 2.05. The van der Waals surface area contributed by atoms with Gasteiger partial charge >= 0.3 is 0 Å². The van der Waals surface area contributed by atoms with Crippen molar-refractivity contribution >= 4 is 15.9 Å². The van der Waals surface area contributed by atoms with E-state index in [9.17, 15) is 0 Å². The molecule has 0 heterocycles. The quantitative estimate of drug-likeness (QED) is 0.472. The van der Waals surface area contributed by atoms with Crippen molar-refractivity contribution in [1.82, 2.24) is 0 Å². The molecule has 15 heavy (non-hydrogen) atoms. The molecule has 1 unspecified atom stereocenters. The topological polar surface area (TPSA) is 9.23 Å². The van der Waals surface area contributed by atoms with Crippen LogP contribution >= 0.6 is 15.9 Å². The van der Waals surface area contributed by atoms with E-state index in [1.54, 1.807) is 0 Å².